The van der Waals surface area contributed by atoms with Crippen molar-refractivity contribution in [2.24, 2.45) is 5.73 Å². The van der Waals surface area contributed by atoms with Crippen LogP contribution in [0.25, 0.3) is 33.1 Å². The number of aromatic hydroxyl groups is 1. The molecule has 0 spiro atoms. The molecule has 6 aromatic rings. The summed E-state index contributed by atoms with van der Waals surface area (Å²) in [5, 5.41) is 35.4. The molecule has 0 unspecified atom stereocenters. The molecule has 13 heteroatoms. The first-order valence-electron chi connectivity index (χ1n) is 19.0. The lowest BCUT2D eigenvalue weighted by atomic mass is 9.89. The Morgan fingerprint density at radius 1 is 1.02 bits per heavy atom. The Morgan fingerprint density at radius 3 is 2.55 bits per heavy atom. The predicted octanol–water partition coefficient (Wildman–Crippen LogP) is 6.42. The van der Waals surface area contributed by atoms with Crippen LogP contribution in [0.1, 0.15) is 61.3 Å². The number of carbonyl (C=O) groups is 1. The molecule has 2 heterocycles. The Labute approximate surface area is 323 Å². The molecule has 1 aliphatic carbocycles. The summed E-state index contributed by atoms with van der Waals surface area (Å²) < 4.78 is 12.9. The minimum Gasteiger partial charge on any atom is -0.506 e. The van der Waals surface area contributed by atoms with E-state index in [-0.39, 0.29) is 35.5 Å². The Hall–Kier alpha value is -5.89. The Kier molecular flexibility index (Phi) is 11.6. The van der Waals surface area contributed by atoms with E-state index in [9.17, 15) is 29.7 Å². The lowest BCUT2D eigenvalue weighted by Crippen LogP contribution is -2.44. The normalized spacial score (nSPS) is 16.3. The second-order valence-corrected chi connectivity index (χ2v) is 14.5. The molecule has 1 saturated carbocycles. The van der Waals surface area contributed by atoms with E-state index in [2.05, 4.69) is 16.4 Å². The van der Waals surface area contributed by atoms with Crippen molar-refractivity contribution in [3.63, 3.8) is 0 Å². The Bertz CT molecular complexity index is 2450. The quantitative estimate of drug-likeness (QED) is 0.0675. The monoisotopic (exact) mass is 761 g/mol. The largest absolute Gasteiger partial charge is 0.506 e. The molecule has 0 saturated heterocycles. The van der Waals surface area contributed by atoms with E-state index >= 15 is 0 Å². The smallest absolute Gasteiger partial charge is 0.419 e. The van der Waals surface area contributed by atoms with Gasteiger partial charge in [0, 0.05) is 60.4 Å². The van der Waals surface area contributed by atoms with Gasteiger partial charge in [0.15, 0.2) is 5.58 Å². The van der Waals surface area contributed by atoms with E-state index in [1.165, 1.54) is 17.0 Å². The van der Waals surface area contributed by atoms with Gasteiger partial charge in [0.2, 0.25) is 5.56 Å². The van der Waals surface area contributed by atoms with Gasteiger partial charge in [0.1, 0.15) is 11.5 Å². The summed E-state index contributed by atoms with van der Waals surface area (Å²) >= 11 is 0. The molecule has 13 nitrogen and oxygen atoms in total. The molecule has 0 radical (unpaired) electrons. The first-order chi connectivity index (χ1) is 27.1. The summed E-state index contributed by atoms with van der Waals surface area (Å²) in [4.78, 5) is 41.8. The molecular formula is C43H47N5O8. The number of anilines is 1. The molecule has 1 atom stereocenters. The van der Waals surface area contributed by atoms with E-state index in [0.29, 0.717) is 72.3 Å². The Morgan fingerprint density at radius 2 is 1.80 bits per heavy atom. The molecule has 2 aromatic heterocycles. The summed E-state index contributed by atoms with van der Waals surface area (Å²) in [6, 6.07) is 25.4. The van der Waals surface area contributed by atoms with Gasteiger partial charge in [-0.2, -0.15) is 0 Å². The SMILES string of the molecule is COc1cc2c(cc1CNC[C@@H](O)c1ccc(O)c3[nH]c(=O)ccc13)oc(=O)n2CCCCc1ccc(-c2ccccc2)c(N(C(=O)O)C2CCC(N)CC2)c1. The second kappa shape index (κ2) is 16.9. The standard InChI is InChI=1S/C43H47N5O8/c1-55-38-23-35-39(22-28(38)24-45-25-37(50)32-16-18-36(49)41-33(32)17-19-40(51)46-41)56-43(54)47(35)20-6-5-7-26-10-15-31(27-8-3-2-4-9-27)34(21-26)48(42(52)53)30-13-11-29(44)12-14-30/h2-4,8-10,15-19,21-23,29-30,37,45,49-50H,5-7,11-14,20,24-25,44H2,1H3,(H,46,51)(H,52,53)/t29?,30?,37-/m1/s1. The highest BCUT2D eigenvalue weighted by Crippen LogP contribution is 2.37. The number of aryl methyl sites for hydroxylation is 2. The number of aliphatic hydroxyl groups is 1. The van der Waals surface area contributed by atoms with Gasteiger partial charge in [-0.25, -0.2) is 9.59 Å². The number of fused-ring (bicyclic) bond motifs is 2. The van der Waals surface area contributed by atoms with Crippen molar-refractivity contribution in [2.75, 3.05) is 18.6 Å². The maximum absolute atomic E-state index is 13.1. The number of oxazole rings is 1. The van der Waals surface area contributed by atoms with Crippen LogP contribution < -0.4 is 32.0 Å². The maximum atomic E-state index is 13.1. The third-order valence-electron chi connectivity index (χ3n) is 10.8. The average Bonchev–Trinajstić information content (AvgIpc) is 3.50. The van der Waals surface area contributed by atoms with Crippen molar-refractivity contribution < 1.29 is 29.3 Å². The number of aliphatic hydroxyl groups excluding tert-OH is 1. The van der Waals surface area contributed by atoms with Gasteiger partial charge in [-0.3, -0.25) is 14.3 Å². The van der Waals surface area contributed by atoms with E-state index < -0.39 is 18.0 Å². The number of hydrogen-bond donors (Lipinski definition) is 6. The zero-order chi connectivity index (χ0) is 39.3. The summed E-state index contributed by atoms with van der Waals surface area (Å²) in [5.74, 6) is -0.00421. The van der Waals surface area contributed by atoms with Gasteiger partial charge in [-0.05, 0) is 85.9 Å². The lowest BCUT2D eigenvalue weighted by molar-refractivity contribution is 0.175. The van der Waals surface area contributed by atoms with Crippen LogP contribution >= 0.6 is 0 Å². The number of nitrogens with one attached hydrogen (secondary N) is 2. The first kappa shape index (κ1) is 38.4. The zero-order valence-corrected chi connectivity index (χ0v) is 31.2. The topological polar surface area (TPSA) is 196 Å². The van der Waals surface area contributed by atoms with E-state index in [0.717, 1.165) is 41.5 Å². The van der Waals surface area contributed by atoms with Gasteiger partial charge in [-0.1, -0.05) is 48.5 Å². The number of nitrogens with zero attached hydrogens (tertiary/aromatic N) is 2. The van der Waals surface area contributed by atoms with E-state index in [4.69, 9.17) is 14.9 Å². The van der Waals surface area contributed by atoms with Gasteiger partial charge < -0.3 is 40.5 Å². The molecule has 56 heavy (non-hydrogen) atoms. The van der Waals surface area contributed by atoms with Crippen LogP contribution in [-0.2, 0) is 19.5 Å². The number of phenols is 1. The molecule has 7 N–H and O–H groups in total. The lowest BCUT2D eigenvalue weighted by Gasteiger charge is -2.35. The highest BCUT2D eigenvalue weighted by molar-refractivity contribution is 5.94. The first-order valence-corrected chi connectivity index (χ1v) is 19.0. The third-order valence-corrected chi connectivity index (χ3v) is 10.8. The van der Waals surface area contributed by atoms with Crippen LogP contribution in [0.2, 0.25) is 0 Å². The number of H-pyrrole nitrogens is 1. The number of hydrogen-bond acceptors (Lipinski definition) is 9. The number of rotatable bonds is 14. The van der Waals surface area contributed by atoms with E-state index in [1.54, 1.807) is 35.9 Å². The minimum absolute atomic E-state index is 0.0823. The van der Waals surface area contributed by atoms with Crippen LogP contribution in [0.3, 0.4) is 0 Å². The fourth-order valence-corrected chi connectivity index (χ4v) is 7.88. The van der Waals surface area contributed by atoms with Crippen LogP contribution in [0.15, 0.2) is 98.9 Å². The van der Waals surface area contributed by atoms with Crippen molar-refractivity contribution in [2.45, 2.75) is 76.2 Å². The minimum atomic E-state index is -0.972. The molecule has 1 amide bonds. The number of unbranched alkanes of at least 4 members (excludes halogenated alkanes) is 1. The maximum Gasteiger partial charge on any atom is 0.419 e. The fourth-order valence-electron chi connectivity index (χ4n) is 7.88. The third kappa shape index (κ3) is 8.20. The van der Waals surface area contributed by atoms with E-state index in [1.807, 2.05) is 42.5 Å². The highest BCUT2D eigenvalue weighted by atomic mass is 16.5. The summed E-state index contributed by atoms with van der Waals surface area (Å²) in [5.41, 5.74) is 11.9. The van der Waals surface area contributed by atoms with Crippen molar-refractivity contribution in [3.8, 4) is 22.6 Å². The average molecular weight is 762 g/mol. The summed E-state index contributed by atoms with van der Waals surface area (Å²) in [6.45, 7) is 0.880. The number of aromatic nitrogens is 2. The van der Waals surface area contributed by atoms with Crippen molar-refractivity contribution in [3.05, 3.63) is 123 Å². The molecular weight excluding hydrogens is 714 g/mol. The predicted molar refractivity (Wildman–Crippen MR) is 215 cm³/mol. The number of nitrogens with two attached hydrogens (primary N) is 1. The molecule has 1 aliphatic rings. The van der Waals surface area contributed by atoms with Gasteiger partial charge in [0.05, 0.1) is 29.9 Å². The van der Waals surface area contributed by atoms with Gasteiger partial charge in [-0.15, -0.1) is 0 Å². The molecule has 0 bridgehead atoms. The van der Waals surface area contributed by atoms with Crippen molar-refractivity contribution in [1.29, 1.82) is 0 Å². The van der Waals surface area contributed by atoms with Crippen LogP contribution in [0.4, 0.5) is 10.5 Å². The van der Waals surface area contributed by atoms with Gasteiger partial charge >= 0.3 is 11.8 Å². The number of methoxy groups -OCH3 is 1. The van der Waals surface area contributed by atoms with Crippen LogP contribution in [0.5, 0.6) is 11.5 Å². The number of phenolic OH excluding ortho intramolecular Hbond substituents is 1. The number of benzene rings is 4. The van der Waals surface area contributed by atoms with Gasteiger partial charge in [0.25, 0.3) is 0 Å². The van der Waals surface area contributed by atoms with Crippen LogP contribution in [-0.4, -0.2) is 56.7 Å². The Balaban J connectivity index is 1.02. The number of carboxylic acid groups (broad SMARTS) is 1. The highest BCUT2D eigenvalue weighted by Gasteiger charge is 2.31. The number of amides is 1. The number of aromatic amines is 1. The molecule has 4 aromatic carbocycles. The molecule has 292 valence electrons. The van der Waals surface area contributed by atoms with Crippen molar-refractivity contribution in [1.82, 2.24) is 14.9 Å². The zero-order valence-electron chi connectivity index (χ0n) is 31.2. The van der Waals surface area contributed by atoms with Crippen molar-refractivity contribution >= 4 is 33.8 Å². The summed E-state index contributed by atoms with van der Waals surface area (Å²) in [7, 11) is 1.55. The second-order valence-electron chi connectivity index (χ2n) is 14.5. The van der Waals surface area contributed by atoms with Crippen LogP contribution in [0, 0.1) is 0 Å². The molecule has 7 rings (SSSR count). The number of ether oxygens (including phenoxy) is 1. The molecule has 0 aliphatic heterocycles. The summed E-state index contributed by atoms with van der Waals surface area (Å²) in [6.07, 6.45) is 3.22. The molecule has 1 fully saturated rings. The number of pyridine rings is 1. The fraction of sp³-hybridized carbons (Fsp3) is 0.326.